The first-order valence-corrected chi connectivity index (χ1v) is 6.75. The number of hydrogen-bond donors (Lipinski definition) is 3. The van der Waals surface area contributed by atoms with Gasteiger partial charge in [-0.2, -0.15) is 26.3 Å². The number of rotatable bonds is 5. The highest BCUT2D eigenvalue weighted by Gasteiger charge is 2.07. The average Bonchev–Trinajstić information content (AvgIpc) is 3.17. The van der Waals surface area contributed by atoms with Gasteiger partial charge in [-0.15, -0.1) is 0 Å². The summed E-state index contributed by atoms with van der Waals surface area (Å²) < 4.78 is 1.68. The SMILES string of the molecule is NNc1nc(NCc2ccsc2)nc(-n2ccnc2)n1. The van der Waals surface area contributed by atoms with Crippen molar-refractivity contribution in [1.82, 2.24) is 24.5 Å². The predicted molar refractivity (Wildman–Crippen MR) is 76.4 cm³/mol. The van der Waals surface area contributed by atoms with E-state index in [0.29, 0.717) is 18.4 Å². The Morgan fingerprint density at radius 1 is 1.25 bits per heavy atom. The molecule has 20 heavy (non-hydrogen) atoms. The quantitative estimate of drug-likeness (QED) is 0.475. The number of nitrogen functional groups attached to an aromatic ring is 1. The lowest BCUT2D eigenvalue weighted by atomic mass is 10.3. The molecule has 0 aliphatic carbocycles. The first kappa shape index (κ1) is 12.5. The molecule has 0 spiro atoms. The Labute approximate surface area is 118 Å². The minimum Gasteiger partial charge on any atom is -0.350 e. The van der Waals surface area contributed by atoms with E-state index in [0.717, 1.165) is 0 Å². The fraction of sp³-hybridized carbons (Fsp3) is 0.0909. The summed E-state index contributed by atoms with van der Waals surface area (Å²) in [5, 5.41) is 7.22. The number of nitrogens with two attached hydrogens (primary N) is 1. The van der Waals surface area contributed by atoms with Crippen molar-refractivity contribution in [2.24, 2.45) is 5.84 Å². The van der Waals surface area contributed by atoms with E-state index in [1.807, 2.05) is 11.4 Å². The summed E-state index contributed by atoms with van der Waals surface area (Å²) in [7, 11) is 0. The molecule has 3 aromatic heterocycles. The van der Waals surface area contributed by atoms with E-state index in [1.165, 1.54) is 5.56 Å². The molecule has 0 aliphatic heterocycles. The molecule has 0 atom stereocenters. The van der Waals surface area contributed by atoms with Crippen molar-refractivity contribution in [3.8, 4) is 5.95 Å². The van der Waals surface area contributed by atoms with E-state index >= 15 is 0 Å². The second-order valence-corrected chi connectivity index (χ2v) is 4.66. The van der Waals surface area contributed by atoms with Gasteiger partial charge in [-0.1, -0.05) is 0 Å². The van der Waals surface area contributed by atoms with Crippen molar-refractivity contribution in [1.29, 1.82) is 0 Å². The molecule has 4 N–H and O–H groups in total. The van der Waals surface area contributed by atoms with Crippen LogP contribution in [0.4, 0.5) is 11.9 Å². The summed E-state index contributed by atoms with van der Waals surface area (Å²) in [6, 6.07) is 2.04. The van der Waals surface area contributed by atoms with Gasteiger partial charge < -0.3 is 5.32 Å². The van der Waals surface area contributed by atoms with Crippen LogP contribution in [-0.4, -0.2) is 24.5 Å². The number of anilines is 2. The Hall–Kier alpha value is -2.52. The molecule has 102 valence electrons. The zero-order chi connectivity index (χ0) is 13.8. The third-order valence-corrected chi connectivity index (χ3v) is 3.25. The summed E-state index contributed by atoms with van der Waals surface area (Å²) >= 11 is 1.65. The van der Waals surface area contributed by atoms with Crippen LogP contribution in [0.5, 0.6) is 0 Å². The maximum Gasteiger partial charge on any atom is 0.243 e. The number of aromatic nitrogens is 5. The summed E-state index contributed by atoms with van der Waals surface area (Å²) in [4.78, 5) is 16.6. The molecule has 0 saturated heterocycles. The third kappa shape index (κ3) is 2.73. The molecule has 0 saturated carbocycles. The van der Waals surface area contributed by atoms with Crippen molar-refractivity contribution in [2.75, 3.05) is 10.7 Å². The van der Waals surface area contributed by atoms with Crippen LogP contribution < -0.4 is 16.6 Å². The Morgan fingerprint density at radius 2 is 2.15 bits per heavy atom. The largest absolute Gasteiger partial charge is 0.350 e. The first-order valence-electron chi connectivity index (χ1n) is 5.81. The lowest BCUT2D eigenvalue weighted by Gasteiger charge is -2.08. The van der Waals surface area contributed by atoms with E-state index in [-0.39, 0.29) is 5.95 Å². The molecular weight excluding hydrogens is 276 g/mol. The van der Waals surface area contributed by atoms with E-state index < -0.39 is 0 Å². The molecule has 0 aliphatic rings. The highest BCUT2D eigenvalue weighted by atomic mass is 32.1. The smallest absolute Gasteiger partial charge is 0.243 e. The topological polar surface area (TPSA) is 107 Å². The van der Waals surface area contributed by atoms with Gasteiger partial charge in [-0.25, -0.2) is 10.8 Å². The van der Waals surface area contributed by atoms with Gasteiger partial charge in [0, 0.05) is 18.9 Å². The standard InChI is InChI=1S/C11H12N8S/c12-18-10-15-9(14-5-8-1-4-20-6-8)16-11(17-10)19-3-2-13-7-19/h1-4,6-7H,5,12H2,(H2,14,15,16,17,18). The predicted octanol–water partition coefficient (Wildman–Crippen LogP) is 1.02. The van der Waals surface area contributed by atoms with Gasteiger partial charge in [0.25, 0.3) is 0 Å². The monoisotopic (exact) mass is 288 g/mol. The second-order valence-electron chi connectivity index (χ2n) is 3.88. The van der Waals surface area contributed by atoms with Crippen LogP contribution in [0, 0.1) is 0 Å². The van der Waals surface area contributed by atoms with Crippen molar-refractivity contribution in [3.63, 3.8) is 0 Å². The number of imidazole rings is 1. The molecule has 3 heterocycles. The van der Waals surface area contributed by atoms with Gasteiger partial charge in [0.1, 0.15) is 6.33 Å². The van der Waals surface area contributed by atoms with Crippen molar-refractivity contribution < 1.29 is 0 Å². The maximum absolute atomic E-state index is 5.38. The summed E-state index contributed by atoms with van der Waals surface area (Å²) in [5.41, 5.74) is 3.60. The number of hydrazine groups is 1. The molecule has 3 aromatic rings. The Bertz CT molecular complexity index is 664. The van der Waals surface area contributed by atoms with E-state index in [9.17, 15) is 0 Å². The van der Waals surface area contributed by atoms with E-state index in [2.05, 4.69) is 36.1 Å². The molecule has 0 amide bonds. The fourth-order valence-electron chi connectivity index (χ4n) is 1.58. The van der Waals surface area contributed by atoms with Crippen LogP contribution in [-0.2, 0) is 6.54 Å². The molecule has 0 aromatic carbocycles. The fourth-order valence-corrected chi connectivity index (χ4v) is 2.24. The van der Waals surface area contributed by atoms with Crippen LogP contribution in [0.15, 0.2) is 35.5 Å². The maximum atomic E-state index is 5.38. The normalized spacial score (nSPS) is 10.4. The molecule has 0 unspecified atom stereocenters. The van der Waals surface area contributed by atoms with Gasteiger partial charge in [0.15, 0.2) is 0 Å². The summed E-state index contributed by atoms with van der Waals surface area (Å²) in [6.07, 6.45) is 5.01. The van der Waals surface area contributed by atoms with Crippen LogP contribution >= 0.6 is 11.3 Å². The number of hydrogen-bond acceptors (Lipinski definition) is 8. The number of nitrogens with zero attached hydrogens (tertiary/aromatic N) is 5. The molecule has 0 radical (unpaired) electrons. The molecule has 9 heteroatoms. The minimum atomic E-state index is 0.288. The highest BCUT2D eigenvalue weighted by molar-refractivity contribution is 7.07. The minimum absolute atomic E-state index is 0.288. The number of thiophene rings is 1. The summed E-state index contributed by atoms with van der Waals surface area (Å²) in [6.45, 7) is 0.640. The summed E-state index contributed by atoms with van der Waals surface area (Å²) in [5.74, 6) is 6.56. The third-order valence-electron chi connectivity index (χ3n) is 2.52. The Balaban J connectivity index is 1.84. The van der Waals surface area contributed by atoms with Crippen LogP contribution in [0.25, 0.3) is 5.95 Å². The number of nitrogens with one attached hydrogen (secondary N) is 2. The van der Waals surface area contributed by atoms with Crippen molar-refractivity contribution >= 4 is 23.2 Å². The van der Waals surface area contributed by atoms with E-state index in [1.54, 1.807) is 34.6 Å². The molecule has 0 bridgehead atoms. The van der Waals surface area contributed by atoms with Crippen LogP contribution in [0.1, 0.15) is 5.56 Å². The first-order chi connectivity index (χ1) is 9.85. The van der Waals surface area contributed by atoms with Crippen LogP contribution in [0.3, 0.4) is 0 Å². The van der Waals surface area contributed by atoms with Gasteiger partial charge in [-0.3, -0.25) is 9.99 Å². The Morgan fingerprint density at radius 3 is 2.85 bits per heavy atom. The van der Waals surface area contributed by atoms with Crippen molar-refractivity contribution in [2.45, 2.75) is 6.54 Å². The molecular formula is C11H12N8S. The molecule has 8 nitrogen and oxygen atoms in total. The highest BCUT2D eigenvalue weighted by Crippen LogP contribution is 2.11. The Kier molecular flexibility index (Phi) is 3.52. The van der Waals surface area contributed by atoms with Gasteiger partial charge in [0.2, 0.25) is 17.8 Å². The average molecular weight is 288 g/mol. The van der Waals surface area contributed by atoms with Gasteiger partial charge in [-0.05, 0) is 22.4 Å². The van der Waals surface area contributed by atoms with Crippen molar-refractivity contribution in [3.05, 3.63) is 41.1 Å². The lowest BCUT2D eigenvalue weighted by molar-refractivity contribution is 0.888. The second kappa shape index (κ2) is 5.63. The van der Waals surface area contributed by atoms with E-state index in [4.69, 9.17) is 5.84 Å². The zero-order valence-corrected chi connectivity index (χ0v) is 11.2. The van der Waals surface area contributed by atoms with Gasteiger partial charge in [0.05, 0.1) is 0 Å². The lowest BCUT2D eigenvalue weighted by Crippen LogP contribution is -2.15. The molecule has 3 rings (SSSR count). The zero-order valence-electron chi connectivity index (χ0n) is 10.4. The molecule has 0 fully saturated rings. The van der Waals surface area contributed by atoms with Gasteiger partial charge >= 0.3 is 0 Å². The van der Waals surface area contributed by atoms with Crippen LogP contribution in [0.2, 0.25) is 0 Å².